The van der Waals surface area contributed by atoms with Crippen LogP contribution in [0.1, 0.15) is 24.1 Å². The highest BCUT2D eigenvalue weighted by molar-refractivity contribution is 6.30. The Labute approximate surface area is 161 Å². The molecule has 0 fully saturated rings. The monoisotopic (exact) mass is 379 g/mol. The summed E-state index contributed by atoms with van der Waals surface area (Å²) in [5, 5.41) is 8.41. The Kier molecular flexibility index (Phi) is 4.20. The molecule has 2 aromatic carbocycles. The van der Waals surface area contributed by atoms with Gasteiger partial charge in [-0.15, -0.1) is 5.10 Å². The van der Waals surface area contributed by atoms with Gasteiger partial charge in [-0.25, -0.2) is 4.68 Å². The first-order chi connectivity index (χ1) is 12.9. The number of hydrogen-bond donors (Lipinski definition) is 2. The van der Waals surface area contributed by atoms with Crippen molar-refractivity contribution in [2.45, 2.75) is 19.9 Å². The molecule has 3 N–H and O–H groups in total. The maximum atomic E-state index is 12.2. The summed E-state index contributed by atoms with van der Waals surface area (Å²) < 4.78 is 1.71. The van der Waals surface area contributed by atoms with Gasteiger partial charge in [-0.3, -0.25) is 4.79 Å². The Hall–Kier alpha value is -3.12. The summed E-state index contributed by atoms with van der Waals surface area (Å²) in [7, 11) is 0. The first-order valence-electron chi connectivity index (χ1n) is 8.50. The number of primary amides is 1. The Balaban J connectivity index is 1.90. The van der Waals surface area contributed by atoms with Crippen molar-refractivity contribution in [2.24, 2.45) is 5.73 Å². The summed E-state index contributed by atoms with van der Waals surface area (Å²) >= 11 is 6.10. The molecule has 0 aliphatic carbocycles. The van der Waals surface area contributed by atoms with E-state index in [4.69, 9.17) is 17.3 Å². The van der Waals surface area contributed by atoms with Gasteiger partial charge in [0.2, 0.25) is 11.9 Å². The van der Waals surface area contributed by atoms with Gasteiger partial charge in [0, 0.05) is 16.3 Å². The first-order valence-corrected chi connectivity index (χ1v) is 8.88. The third kappa shape index (κ3) is 3.08. The lowest BCUT2D eigenvalue weighted by atomic mass is 9.94. The molecule has 7 heteroatoms. The zero-order chi connectivity index (χ0) is 19.1. The van der Waals surface area contributed by atoms with Gasteiger partial charge in [0.1, 0.15) is 6.04 Å². The number of aryl methyl sites for hydroxylation is 1. The topological polar surface area (TPSA) is 85.8 Å². The second kappa shape index (κ2) is 6.55. The zero-order valence-electron chi connectivity index (χ0n) is 14.9. The third-order valence-corrected chi connectivity index (χ3v) is 4.79. The average Bonchev–Trinajstić information content (AvgIpc) is 3.03. The van der Waals surface area contributed by atoms with Gasteiger partial charge < -0.3 is 11.1 Å². The van der Waals surface area contributed by atoms with Crippen molar-refractivity contribution in [3.8, 4) is 11.4 Å². The van der Waals surface area contributed by atoms with Crippen LogP contribution in [0, 0.1) is 6.92 Å². The van der Waals surface area contributed by atoms with E-state index in [9.17, 15) is 4.79 Å². The second-order valence-electron chi connectivity index (χ2n) is 6.56. The molecule has 0 radical (unpaired) electrons. The summed E-state index contributed by atoms with van der Waals surface area (Å²) in [6.45, 7) is 3.82. The van der Waals surface area contributed by atoms with Crippen molar-refractivity contribution < 1.29 is 4.79 Å². The number of carbonyl (C=O) groups is 1. The lowest BCUT2D eigenvalue weighted by Gasteiger charge is -2.27. The number of amides is 1. The minimum Gasteiger partial charge on any atom is -0.366 e. The molecule has 1 aromatic heterocycles. The maximum absolute atomic E-state index is 12.2. The fourth-order valence-corrected chi connectivity index (χ4v) is 3.56. The van der Waals surface area contributed by atoms with Crippen molar-refractivity contribution in [2.75, 3.05) is 5.32 Å². The van der Waals surface area contributed by atoms with Gasteiger partial charge in [-0.05, 0) is 31.5 Å². The molecule has 2 heterocycles. The fraction of sp³-hybridized carbons (Fsp3) is 0.150. The van der Waals surface area contributed by atoms with Crippen molar-refractivity contribution in [1.82, 2.24) is 14.8 Å². The Bertz CT molecular complexity index is 1090. The summed E-state index contributed by atoms with van der Waals surface area (Å²) in [4.78, 5) is 16.8. The van der Waals surface area contributed by atoms with Crippen LogP contribution in [0.2, 0.25) is 5.02 Å². The van der Waals surface area contributed by atoms with Crippen LogP contribution in [0.4, 0.5) is 5.95 Å². The SMILES string of the molecule is CC1=C(C(N)=O)[C@H](c2cccc(C)c2)n2nc(-c3cccc(Cl)c3)nc2N1. The zero-order valence-corrected chi connectivity index (χ0v) is 15.7. The molecule has 1 atom stereocenters. The molecule has 0 bridgehead atoms. The summed E-state index contributed by atoms with van der Waals surface area (Å²) in [6.07, 6.45) is 0. The van der Waals surface area contributed by atoms with Gasteiger partial charge in [0.25, 0.3) is 0 Å². The molecular formula is C20H18ClN5O. The van der Waals surface area contributed by atoms with Crippen LogP contribution in [0.15, 0.2) is 59.8 Å². The Morgan fingerprint density at radius 2 is 1.96 bits per heavy atom. The number of hydrogen-bond acceptors (Lipinski definition) is 4. The van der Waals surface area contributed by atoms with Gasteiger partial charge in [0.05, 0.1) is 5.57 Å². The lowest BCUT2D eigenvalue weighted by molar-refractivity contribution is -0.115. The number of anilines is 1. The highest BCUT2D eigenvalue weighted by Crippen LogP contribution is 2.36. The van der Waals surface area contributed by atoms with Crippen LogP contribution in [-0.4, -0.2) is 20.7 Å². The molecule has 3 aromatic rings. The van der Waals surface area contributed by atoms with E-state index in [2.05, 4.69) is 15.4 Å². The predicted molar refractivity (Wildman–Crippen MR) is 105 cm³/mol. The van der Waals surface area contributed by atoms with Crippen molar-refractivity contribution >= 4 is 23.5 Å². The number of rotatable bonds is 3. The minimum absolute atomic E-state index is 0.445. The van der Waals surface area contributed by atoms with Crippen LogP contribution in [0.25, 0.3) is 11.4 Å². The molecule has 1 amide bonds. The Morgan fingerprint density at radius 3 is 2.67 bits per heavy atom. The van der Waals surface area contributed by atoms with E-state index < -0.39 is 11.9 Å². The predicted octanol–water partition coefficient (Wildman–Crippen LogP) is 3.68. The van der Waals surface area contributed by atoms with Gasteiger partial charge in [-0.2, -0.15) is 4.98 Å². The molecule has 0 saturated heterocycles. The van der Waals surface area contributed by atoms with Crippen LogP contribution in [0.3, 0.4) is 0 Å². The fourth-order valence-electron chi connectivity index (χ4n) is 3.37. The van der Waals surface area contributed by atoms with Gasteiger partial charge >= 0.3 is 0 Å². The number of fused-ring (bicyclic) bond motifs is 1. The molecule has 1 aliphatic heterocycles. The molecule has 4 rings (SSSR count). The molecule has 136 valence electrons. The average molecular weight is 380 g/mol. The molecule has 1 aliphatic rings. The van der Waals surface area contributed by atoms with Crippen LogP contribution in [-0.2, 0) is 4.79 Å². The number of nitrogens with zero attached hydrogens (tertiary/aromatic N) is 3. The number of nitrogens with one attached hydrogen (secondary N) is 1. The number of halogens is 1. The smallest absolute Gasteiger partial charge is 0.248 e. The van der Waals surface area contributed by atoms with Crippen molar-refractivity contribution in [3.63, 3.8) is 0 Å². The van der Waals surface area contributed by atoms with E-state index in [0.717, 1.165) is 16.7 Å². The highest BCUT2D eigenvalue weighted by Gasteiger charge is 2.33. The van der Waals surface area contributed by atoms with Crippen molar-refractivity contribution in [3.05, 3.63) is 76.0 Å². The molecule has 0 spiro atoms. The largest absolute Gasteiger partial charge is 0.366 e. The summed E-state index contributed by atoms with van der Waals surface area (Å²) in [6, 6.07) is 14.8. The molecule has 27 heavy (non-hydrogen) atoms. The van der Waals surface area contributed by atoms with E-state index in [-0.39, 0.29) is 0 Å². The lowest BCUT2D eigenvalue weighted by Crippen LogP contribution is -2.31. The number of carbonyl (C=O) groups excluding carboxylic acids is 1. The first kappa shape index (κ1) is 17.3. The van der Waals surface area contributed by atoms with Gasteiger partial charge in [0.15, 0.2) is 5.82 Å². The highest BCUT2D eigenvalue weighted by atomic mass is 35.5. The molecular weight excluding hydrogens is 362 g/mol. The van der Waals surface area contributed by atoms with E-state index in [1.807, 2.05) is 50.2 Å². The number of benzene rings is 2. The number of aromatic nitrogens is 3. The normalized spacial score (nSPS) is 16.0. The second-order valence-corrected chi connectivity index (χ2v) is 6.99. The standard InChI is InChI=1S/C20H18ClN5O/c1-11-5-3-6-13(9-11)17-16(18(22)27)12(2)23-20-24-19(25-26(17)20)14-7-4-8-15(21)10-14/h3-10,17H,1-2H3,(H2,22,27)(H,23,24,25)/t17-/m0/s1. The van der Waals surface area contributed by atoms with Gasteiger partial charge in [-0.1, -0.05) is 53.6 Å². The molecule has 0 unspecified atom stereocenters. The molecule has 6 nitrogen and oxygen atoms in total. The van der Waals surface area contributed by atoms with E-state index in [1.165, 1.54) is 0 Å². The van der Waals surface area contributed by atoms with E-state index in [1.54, 1.807) is 16.8 Å². The third-order valence-electron chi connectivity index (χ3n) is 4.56. The maximum Gasteiger partial charge on any atom is 0.248 e. The minimum atomic E-state index is -0.489. The van der Waals surface area contributed by atoms with E-state index in [0.29, 0.717) is 28.1 Å². The number of nitrogens with two attached hydrogens (primary N) is 1. The quantitative estimate of drug-likeness (QED) is 0.726. The van der Waals surface area contributed by atoms with Crippen LogP contribution < -0.4 is 11.1 Å². The van der Waals surface area contributed by atoms with Crippen LogP contribution in [0.5, 0.6) is 0 Å². The summed E-state index contributed by atoms with van der Waals surface area (Å²) in [5.74, 6) is 0.590. The Morgan fingerprint density at radius 1 is 1.19 bits per heavy atom. The number of allylic oxidation sites excluding steroid dienone is 1. The summed E-state index contributed by atoms with van der Waals surface area (Å²) in [5.41, 5.74) is 9.65. The van der Waals surface area contributed by atoms with Crippen molar-refractivity contribution in [1.29, 1.82) is 0 Å². The van der Waals surface area contributed by atoms with E-state index >= 15 is 0 Å². The van der Waals surface area contributed by atoms with Crippen LogP contribution >= 0.6 is 11.6 Å². The molecule has 0 saturated carbocycles.